The van der Waals surface area contributed by atoms with Crippen LogP contribution in [0.25, 0.3) is 0 Å². The van der Waals surface area contributed by atoms with E-state index in [2.05, 4.69) is 4.90 Å². The van der Waals surface area contributed by atoms with E-state index in [4.69, 9.17) is 0 Å². The van der Waals surface area contributed by atoms with Gasteiger partial charge < -0.3 is 0 Å². The van der Waals surface area contributed by atoms with Crippen molar-refractivity contribution in [3.05, 3.63) is 17.5 Å². The number of hydrogen-bond acceptors (Lipinski definition) is 4. The summed E-state index contributed by atoms with van der Waals surface area (Å²) in [7, 11) is -3.24. The van der Waals surface area contributed by atoms with E-state index >= 15 is 0 Å². The summed E-state index contributed by atoms with van der Waals surface area (Å²) < 4.78 is 27.0. The van der Waals surface area contributed by atoms with Gasteiger partial charge in [0.1, 0.15) is 4.21 Å². The van der Waals surface area contributed by atoms with E-state index in [-0.39, 0.29) is 0 Å². The molecule has 0 saturated carbocycles. The maximum Gasteiger partial charge on any atom is 0.252 e. The minimum absolute atomic E-state index is 0.433. The van der Waals surface area contributed by atoms with Crippen molar-refractivity contribution < 1.29 is 8.42 Å². The molecule has 3 rings (SSSR count). The lowest BCUT2D eigenvalue weighted by molar-refractivity contribution is 0.0852. The Kier molecular flexibility index (Phi) is 3.44. The molecule has 3 heterocycles. The third-order valence-electron chi connectivity index (χ3n) is 3.89. The SMILES string of the molecule is O=S(=O)(c1cccs1)N1CCN2CCCC[C@@H]2C1. The van der Waals surface area contributed by atoms with Crippen molar-refractivity contribution in [1.29, 1.82) is 0 Å². The van der Waals surface area contributed by atoms with E-state index in [9.17, 15) is 8.42 Å². The maximum atomic E-state index is 12.4. The van der Waals surface area contributed by atoms with E-state index in [0.29, 0.717) is 23.3 Å². The molecule has 1 atom stereocenters. The van der Waals surface area contributed by atoms with Crippen molar-refractivity contribution in [3.8, 4) is 0 Å². The van der Waals surface area contributed by atoms with Crippen LogP contribution in [0.5, 0.6) is 0 Å². The Hall–Kier alpha value is -0.430. The van der Waals surface area contributed by atoms with E-state index in [0.717, 1.165) is 19.5 Å². The second-order valence-electron chi connectivity index (χ2n) is 4.98. The summed E-state index contributed by atoms with van der Waals surface area (Å²) in [5, 5.41) is 1.82. The molecular formula is C12H18N2O2S2. The second kappa shape index (κ2) is 4.92. The first-order valence-corrected chi connectivity index (χ1v) is 8.77. The summed E-state index contributed by atoms with van der Waals surface area (Å²) in [5.41, 5.74) is 0. The molecule has 2 aliphatic heterocycles. The molecular weight excluding hydrogens is 268 g/mol. The summed E-state index contributed by atoms with van der Waals surface area (Å²) >= 11 is 1.31. The first-order chi connectivity index (χ1) is 8.68. The lowest BCUT2D eigenvalue weighted by Gasteiger charge is -2.43. The minimum atomic E-state index is -3.24. The van der Waals surface area contributed by atoms with Crippen LogP contribution >= 0.6 is 11.3 Å². The molecule has 0 aromatic carbocycles. The molecule has 100 valence electrons. The van der Waals surface area contributed by atoms with E-state index < -0.39 is 10.0 Å². The number of rotatable bonds is 2. The number of nitrogens with zero attached hydrogens (tertiary/aromatic N) is 2. The average Bonchev–Trinajstić information content (AvgIpc) is 2.92. The largest absolute Gasteiger partial charge is 0.298 e. The normalized spacial score (nSPS) is 27.0. The number of piperazine rings is 1. The molecule has 2 fully saturated rings. The van der Waals surface area contributed by atoms with Gasteiger partial charge in [-0.1, -0.05) is 12.5 Å². The summed E-state index contributed by atoms with van der Waals surface area (Å²) in [5.74, 6) is 0. The molecule has 0 unspecified atom stereocenters. The van der Waals surface area contributed by atoms with Crippen LogP contribution in [-0.4, -0.2) is 49.8 Å². The van der Waals surface area contributed by atoms with Gasteiger partial charge in [-0.3, -0.25) is 4.90 Å². The van der Waals surface area contributed by atoms with Gasteiger partial charge in [0.25, 0.3) is 10.0 Å². The zero-order valence-electron chi connectivity index (χ0n) is 10.3. The minimum Gasteiger partial charge on any atom is -0.298 e. The molecule has 1 aromatic rings. The van der Waals surface area contributed by atoms with Crippen LogP contribution in [0.15, 0.2) is 21.7 Å². The number of fused-ring (bicyclic) bond motifs is 1. The third kappa shape index (κ3) is 2.22. The fourth-order valence-electron chi connectivity index (χ4n) is 2.88. The van der Waals surface area contributed by atoms with Crippen LogP contribution in [0.3, 0.4) is 0 Å². The molecule has 1 aromatic heterocycles. The van der Waals surface area contributed by atoms with Gasteiger partial charge in [0.2, 0.25) is 0 Å². The Morgan fingerprint density at radius 1 is 1.22 bits per heavy atom. The predicted molar refractivity (Wildman–Crippen MR) is 72.3 cm³/mol. The maximum absolute atomic E-state index is 12.4. The van der Waals surface area contributed by atoms with Gasteiger partial charge in [-0.15, -0.1) is 11.3 Å². The Morgan fingerprint density at radius 2 is 2.11 bits per heavy atom. The standard InChI is InChI=1S/C12H18N2O2S2/c15-18(16,12-5-3-9-17-12)14-8-7-13-6-2-1-4-11(13)10-14/h3,5,9,11H,1-2,4,6-8,10H2/t11-/m1/s1. The van der Waals surface area contributed by atoms with Crippen LogP contribution in [0.1, 0.15) is 19.3 Å². The first-order valence-electron chi connectivity index (χ1n) is 6.45. The number of sulfonamides is 1. The summed E-state index contributed by atoms with van der Waals surface area (Å²) in [6.45, 7) is 3.32. The highest BCUT2D eigenvalue weighted by Gasteiger charge is 2.35. The van der Waals surface area contributed by atoms with Crippen molar-refractivity contribution in [1.82, 2.24) is 9.21 Å². The van der Waals surface area contributed by atoms with E-state index in [1.165, 1.54) is 24.2 Å². The topological polar surface area (TPSA) is 40.6 Å². The van der Waals surface area contributed by atoms with Gasteiger partial charge in [-0.2, -0.15) is 4.31 Å². The lowest BCUT2D eigenvalue weighted by atomic mass is 10.0. The number of piperidine rings is 1. The van der Waals surface area contributed by atoms with Crippen molar-refractivity contribution in [2.24, 2.45) is 0 Å². The van der Waals surface area contributed by atoms with E-state index in [1.54, 1.807) is 16.4 Å². The van der Waals surface area contributed by atoms with Gasteiger partial charge in [0, 0.05) is 25.7 Å². The molecule has 6 heteroatoms. The Bertz CT molecular complexity index is 498. The highest BCUT2D eigenvalue weighted by Crippen LogP contribution is 2.27. The average molecular weight is 286 g/mol. The molecule has 0 amide bonds. The number of hydrogen-bond donors (Lipinski definition) is 0. The molecule has 0 radical (unpaired) electrons. The fraction of sp³-hybridized carbons (Fsp3) is 0.667. The quantitative estimate of drug-likeness (QED) is 0.829. The van der Waals surface area contributed by atoms with Gasteiger partial charge in [0.05, 0.1) is 0 Å². The molecule has 18 heavy (non-hydrogen) atoms. The molecule has 2 saturated heterocycles. The van der Waals surface area contributed by atoms with Crippen molar-refractivity contribution in [2.75, 3.05) is 26.2 Å². The zero-order valence-corrected chi connectivity index (χ0v) is 11.9. The van der Waals surface area contributed by atoms with Gasteiger partial charge in [-0.05, 0) is 30.8 Å². The molecule has 0 spiro atoms. The van der Waals surface area contributed by atoms with Crippen molar-refractivity contribution in [3.63, 3.8) is 0 Å². The first kappa shape index (κ1) is 12.6. The lowest BCUT2D eigenvalue weighted by Crippen LogP contribution is -2.55. The van der Waals surface area contributed by atoms with Crippen LogP contribution in [0.4, 0.5) is 0 Å². The van der Waals surface area contributed by atoms with Gasteiger partial charge in [-0.25, -0.2) is 8.42 Å². The third-order valence-corrected chi connectivity index (χ3v) is 7.13. The molecule has 0 bridgehead atoms. The molecule has 2 aliphatic rings. The Morgan fingerprint density at radius 3 is 2.89 bits per heavy atom. The number of thiophene rings is 1. The Balaban J connectivity index is 1.78. The molecule has 0 aliphatic carbocycles. The predicted octanol–water partition coefficient (Wildman–Crippen LogP) is 1.61. The van der Waals surface area contributed by atoms with Gasteiger partial charge in [0.15, 0.2) is 0 Å². The highest BCUT2D eigenvalue weighted by atomic mass is 32.2. The van der Waals surface area contributed by atoms with Crippen LogP contribution in [0.2, 0.25) is 0 Å². The highest BCUT2D eigenvalue weighted by molar-refractivity contribution is 7.91. The smallest absolute Gasteiger partial charge is 0.252 e. The summed E-state index contributed by atoms with van der Waals surface area (Å²) in [6, 6.07) is 3.93. The zero-order chi connectivity index (χ0) is 12.6. The van der Waals surface area contributed by atoms with Crippen molar-refractivity contribution in [2.45, 2.75) is 29.5 Å². The fourth-order valence-corrected chi connectivity index (χ4v) is 5.50. The molecule has 4 nitrogen and oxygen atoms in total. The van der Waals surface area contributed by atoms with Crippen molar-refractivity contribution >= 4 is 21.4 Å². The van der Waals surface area contributed by atoms with Crippen LogP contribution < -0.4 is 0 Å². The molecule has 0 N–H and O–H groups in total. The summed E-state index contributed by atoms with van der Waals surface area (Å²) in [4.78, 5) is 2.45. The second-order valence-corrected chi connectivity index (χ2v) is 8.09. The van der Waals surface area contributed by atoms with Crippen LogP contribution in [-0.2, 0) is 10.0 Å². The monoisotopic (exact) mass is 286 g/mol. The van der Waals surface area contributed by atoms with E-state index in [1.807, 2.05) is 5.38 Å². The summed E-state index contributed by atoms with van der Waals surface area (Å²) in [6.07, 6.45) is 3.62. The Labute approximate surface area is 112 Å². The van der Waals surface area contributed by atoms with Gasteiger partial charge >= 0.3 is 0 Å². The van der Waals surface area contributed by atoms with Crippen LogP contribution in [0, 0.1) is 0 Å².